The summed E-state index contributed by atoms with van der Waals surface area (Å²) in [5, 5.41) is 9.50. The van der Waals surface area contributed by atoms with Crippen molar-refractivity contribution in [3.63, 3.8) is 0 Å². The highest BCUT2D eigenvalue weighted by Crippen LogP contribution is 2.65. The molecule has 7 aliphatic carbocycles. The van der Waals surface area contributed by atoms with E-state index in [2.05, 4.69) is 277 Å². The number of fused-ring (bicyclic) bond motifs is 23. The number of rotatable bonds is 3. The van der Waals surface area contributed by atoms with Gasteiger partial charge < -0.3 is 4.57 Å². The molecule has 0 heterocycles. The van der Waals surface area contributed by atoms with E-state index in [1.165, 1.54) is 144 Å². The van der Waals surface area contributed by atoms with Crippen molar-refractivity contribution >= 4 is 60.9 Å². The lowest BCUT2D eigenvalue weighted by Crippen LogP contribution is -2.31. The molecule has 0 aliphatic heterocycles. The Kier molecular flexibility index (Phi) is 9.58. The second kappa shape index (κ2) is 16.1. The van der Waals surface area contributed by atoms with Gasteiger partial charge in [0.15, 0.2) is 7.14 Å². The minimum atomic E-state index is -3.98. The van der Waals surface area contributed by atoms with Crippen molar-refractivity contribution < 1.29 is 4.57 Å². The largest absolute Gasteiger partial charge is 0.309 e. The zero-order chi connectivity index (χ0) is 58.9. The van der Waals surface area contributed by atoms with Crippen LogP contribution in [-0.4, -0.2) is 0 Å². The van der Waals surface area contributed by atoms with Gasteiger partial charge in [0.2, 0.25) is 0 Å². The van der Waals surface area contributed by atoms with Crippen molar-refractivity contribution in [2.75, 3.05) is 0 Å². The molecule has 11 aromatic carbocycles. The van der Waals surface area contributed by atoms with Crippen LogP contribution in [-0.2, 0) is 37.1 Å². The van der Waals surface area contributed by atoms with Crippen molar-refractivity contribution in [1.29, 1.82) is 0 Å². The molecule has 1 nitrogen and oxygen atoms in total. The first-order valence-corrected chi connectivity index (χ1v) is 33.2. The number of hydrogen-bond acceptors (Lipinski definition) is 1. The number of benzene rings is 11. The van der Waals surface area contributed by atoms with Gasteiger partial charge in [-0.05, 0) is 198 Å². The van der Waals surface area contributed by atoms with Gasteiger partial charge >= 0.3 is 0 Å². The third-order valence-electron chi connectivity index (χ3n) is 23.6. The standard InChI is InChI=1S/C84H71OP/c1-79(2)61-34-22-19-25-46(61)55-37-67-58(40-64(55)79)76-52-31-16-13-28-49(52)73(43-70(76)82(67,7)8)86(85,74-44-71-77(53-32-17-14-29-50(53)74)59-41-65-56(38-68(59)83(71,9)10)47-26-20-23-35-62(47)80(65,3)4)75-45-72-78(54-33-18-15-30-51(54)75)60-42-66-57(39-69(60)84(72,11)12)48-27-21-24-36-63(48)81(66,5)6/h13-38,40-45,57H,39H2,1-12H3. The number of allylic oxidation sites excluding steroid dienone is 4. The Bertz CT molecular complexity index is 4950. The first kappa shape index (κ1) is 51.2. The summed E-state index contributed by atoms with van der Waals surface area (Å²) in [6, 6.07) is 72.0. The highest BCUT2D eigenvalue weighted by Gasteiger charge is 2.52. The summed E-state index contributed by atoms with van der Waals surface area (Å²) in [7, 11) is -3.98. The molecule has 0 saturated heterocycles. The predicted octanol–water partition coefficient (Wildman–Crippen LogP) is 20.5. The van der Waals surface area contributed by atoms with Crippen LogP contribution in [0, 0.1) is 0 Å². The van der Waals surface area contributed by atoms with Crippen LogP contribution < -0.4 is 15.9 Å². The molecule has 86 heavy (non-hydrogen) atoms. The zero-order valence-electron chi connectivity index (χ0n) is 51.6. The average Bonchev–Trinajstić information content (AvgIpc) is 1.45. The summed E-state index contributed by atoms with van der Waals surface area (Å²) in [6.07, 6.45) is 3.58. The molecular weight excluding hydrogens is 1060 g/mol. The Balaban J connectivity index is 0.940. The molecule has 418 valence electrons. The second-order valence-electron chi connectivity index (χ2n) is 29.8. The summed E-state index contributed by atoms with van der Waals surface area (Å²) >= 11 is 0. The van der Waals surface area contributed by atoms with Crippen LogP contribution >= 0.6 is 7.14 Å². The molecule has 0 spiro atoms. The van der Waals surface area contributed by atoms with E-state index in [0.717, 1.165) is 38.5 Å². The van der Waals surface area contributed by atoms with Gasteiger partial charge in [-0.25, -0.2) is 0 Å². The summed E-state index contributed by atoms with van der Waals surface area (Å²) in [5.41, 5.74) is 29.5. The van der Waals surface area contributed by atoms with Gasteiger partial charge in [0.25, 0.3) is 0 Å². The third kappa shape index (κ3) is 5.93. The summed E-state index contributed by atoms with van der Waals surface area (Å²) < 4.78 is 19.5. The van der Waals surface area contributed by atoms with Crippen molar-refractivity contribution in [1.82, 2.24) is 0 Å². The van der Waals surface area contributed by atoms with E-state index in [1.807, 2.05) is 0 Å². The van der Waals surface area contributed by atoms with Gasteiger partial charge in [0.1, 0.15) is 0 Å². The van der Waals surface area contributed by atoms with E-state index >= 15 is 4.57 Å². The molecule has 0 bridgehead atoms. The molecule has 1 unspecified atom stereocenters. The van der Waals surface area contributed by atoms with Gasteiger partial charge in [0, 0.05) is 54.3 Å². The van der Waals surface area contributed by atoms with Crippen molar-refractivity contribution in [2.24, 2.45) is 0 Å². The van der Waals surface area contributed by atoms with Gasteiger partial charge in [-0.2, -0.15) is 0 Å². The molecule has 0 saturated carbocycles. The first-order chi connectivity index (χ1) is 41.1. The Hall–Kier alpha value is -8.09. The zero-order valence-corrected chi connectivity index (χ0v) is 52.5. The van der Waals surface area contributed by atoms with Crippen LogP contribution in [0.4, 0.5) is 0 Å². The van der Waals surface area contributed by atoms with Gasteiger partial charge in [-0.3, -0.25) is 0 Å². The molecule has 0 fully saturated rings. The van der Waals surface area contributed by atoms with Crippen LogP contribution in [0.2, 0.25) is 0 Å². The normalized spacial score (nSPS) is 19.6. The smallest absolute Gasteiger partial charge is 0.172 e. The topological polar surface area (TPSA) is 17.1 Å². The van der Waals surface area contributed by atoms with Crippen LogP contribution in [0.15, 0.2) is 205 Å². The van der Waals surface area contributed by atoms with E-state index in [0.29, 0.717) is 5.92 Å². The molecule has 0 amide bonds. The molecule has 2 heteroatoms. The maximum Gasteiger partial charge on any atom is 0.172 e. The monoisotopic (exact) mass is 1130 g/mol. The molecular formula is C84H71OP. The van der Waals surface area contributed by atoms with Gasteiger partial charge in [-0.1, -0.05) is 246 Å². The molecule has 0 N–H and O–H groups in total. The Labute approximate surface area is 507 Å². The minimum absolute atomic E-state index is 0.0934. The first-order valence-electron chi connectivity index (χ1n) is 31.5. The fourth-order valence-corrected chi connectivity index (χ4v) is 22.3. The van der Waals surface area contributed by atoms with Crippen LogP contribution in [0.3, 0.4) is 0 Å². The van der Waals surface area contributed by atoms with Crippen molar-refractivity contribution in [2.45, 2.75) is 128 Å². The lowest BCUT2D eigenvalue weighted by atomic mass is 9.71. The molecule has 1 atom stereocenters. The van der Waals surface area contributed by atoms with Gasteiger partial charge in [-0.15, -0.1) is 0 Å². The lowest BCUT2D eigenvalue weighted by Gasteiger charge is -2.33. The van der Waals surface area contributed by atoms with E-state index in [-0.39, 0.29) is 21.7 Å². The Morgan fingerprint density at radius 1 is 0.314 bits per heavy atom. The van der Waals surface area contributed by atoms with E-state index in [1.54, 1.807) is 0 Å². The quantitative estimate of drug-likeness (QED) is 0.161. The summed E-state index contributed by atoms with van der Waals surface area (Å²) in [6.45, 7) is 29.1. The van der Waals surface area contributed by atoms with Crippen molar-refractivity contribution in [3.05, 3.63) is 272 Å². The minimum Gasteiger partial charge on any atom is -0.309 e. The second-order valence-corrected chi connectivity index (χ2v) is 32.4. The van der Waals surface area contributed by atoms with Crippen LogP contribution in [0.1, 0.15) is 162 Å². The maximum absolute atomic E-state index is 19.5. The lowest BCUT2D eigenvalue weighted by molar-refractivity contribution is 0.561. The third-order valence-corrected chi connectivity index (χ3v) is 26.7. The molecule has 0 radical (unpaired) electrons. The maximum atomic E-state index is 19.5. The Morgan fingerprint density at radius 2 is 0.663 bits per heavy atom. The predicted molar refractivity (Wildman–Crippen MR) is 363 cm³/mol. The average molecular weight is 1130 g/mol. The SMILES string of the molecule is CC1(C)C2=CC3=C(CC2c2ccccc21)C(C)(C)c1cc(P(=O)(c2cc4c(c5ccccc25)-c2cc5c(cc2C4(C)C)-c2ccccc2C5(C)C)c2cc4c(c5ccccc25)-c2cc5c(cc2C4(C)C)-c2ccccc2C5(C)C)c2ccccc2c13. The van der Waals surface area contributed by atoms with Crippen LogP contribution in [0.5, 0.6) is 0 Å². The van der Waals surface area contributed by atoms with Crippen LogP contribution in [0.25, 0.3) is 82.4 Å². The molecule has 7 aliphatic rings. The van der Waals surface area contributed by atoms with Gasteiger partial charge in [0.05, 0.1) is 0 Å². The molecule has 11 aromatic rings. The fraction of sp³-hybridized carbons (Fsp3) is 0.238. The van der Waals surface area contributed by atoms with E-state index < -0.39 is 18.0 Å². The van der Waals surface area contributed by atoms with Crippen molar-refractivity contribution in [3.8, 4) is 44.5 Å². The Morgan fingerprint density at radius 3 is 1.13 bits per heavy atom. The summed E-state index contributed by atoms with van der Waals surface area (Å²) in [5.74, 6) is 0.324. The molecule has 18 rings (SSSR count). The van der Waals surface area contributed by atoms with E-state index in [4.69, 9.17) is 0 Å². The summed E-state index contributed by atoms with van der Waals surface area (Å²) in [4.78, 5) is 0. The highest BCUT2D eigenvalue weighted by molar-refractivity contribution is 7.86. The molecule has 0 aromatic heterocycles. The van der Waals surface area contributed by atoms with E-state index in [9.17, 15) is 0 Å². The fourth-order valence-electron chi connectivity index (χ4n) is 19.0. The number of hydrogen-bond donors (Lipinski definition) is 0. The highest BCUT2D eigenvalue weighted by atomic mass is 31.2.